The number of hydrogen-bond donors (Lipinski definition) is 2. The van der Waals surface area contributed by atoms with E-state index < -0.39 is 23.6 Å². The van der Waals surface area contributed by atoms with Gasteiger partial charge >= 0.3 is 12.0 Å². The Bertz CT molecular complexity index is 348. The van der Waals surface area contributed by atoms with Gasteiger partial charge in [-0.05, 0) is 26.7 Å². The van der Waals surface area contributed by atoms with Gasteiger partial charge in [0.25, 0.3) is 0 Å². The largest absolute Gasteiger partial charge is 0.480 e. The van der Waals surface area contributed by atoms with Gasteiger partial charge in [0.05, 0.1) is 6.04 Å². The highest BCUT2D eigenvalue weighted by molar-refractivity contribution is 5.86. The molecule has 2 N–H and O–H groups in total. The van der Waals surface area contributed by atoms with Gasteiger partial charge in [0.2, 0.25) is 0 Å². The first-order valence-corrected chi connectivity index (χ1v) is 5.19. The fourth-order valence-corrected chi connectivity index (χ4v) is 1.82. The highest BCUT2D eigenvalue weighted by Crippen LogP contribution is 2.29. The Morgan fingerprint density at radius 1 is 1.62 bits per heavy atom. The molecule has 88 valence electrons. The van der Waals surface area contributed by atoms with Crippen LogP contribution in [0.15, 0.2) is 0 Å². The Hall–Kier alpha value is -1.70. The lowest BCUT2D eigenvalue weighted by Gasteiger charge is -2.31. The minimum absolute atomic E-state index is 0.397. The van der Waals surface area contributed by atoms with Gasteiger partial charge in [-0.15, -0.1) is 6.42 Å². The molecule has 2 atom stereocenters. The van der Waals surface area contributed by atoms with Crippen LogP contribution >= 0.6 is 0 Å². The van der Waals surface area contributed by atoms with E-state index in [1.165, 1.54) is 4.90 Å². The molecular formula is C11H16N2O3. The number of carboxylic acids is 1. The molecular weight excluding hydrogens is 208 g/mol. The predicted molar refractivity (Wildman–Crippen MR) is 58.8 cm³/mol. The number of aliphatic carboxylic acids is 1. The van der Waals surface area contributed by atoms with Crippen molar-refractivity contribution in [1.82, 2.24) is 10.2 Å². The van der Waals surface area contributed by atoms with Crippen molar-refractivity contribution in [3.05, 3.63) is 0 Å². The van der Waals surface area contributed by atoms with E-state index in [2.05, 4.69) is 11.2 Å². The topological polar surface area (TPSA) is 69.6 Å². The molecule has 2 amide bonds. The molecule has 0 aromatic rings. The normalized spacial score (nSPS) is 25.9. The molecule has 2 unspecified atom stereocenters. The maximum atomic E-state index is 11.8. The number of terminal acetylenes is 1. The molecule has 1 rings (SSSR count). The summed E-state index contributed by atoms with van der Waals surface area (Å²) >= 11 is 0. The first-order chi connectivity index (χ1) is 7.41. The van der Waals surface area contributed by atoms with E-state index in [-0.39, 0.29) is 0 Å². The van der Waals surface area contributed by atoms with Gasteiger partial charge in [0.1, 0.15) is 5.54 Å². The van der Waals surface area contributed by atoms with E-state index >= 15 is 0 Å². The number of hydrogen-bond acceptors (Lipinski definition) is 2. The summed E-state index contributed by atoms with van der Waals surface area (Å²) in [5, 5.41) is 11.7. The average Bonchev–Trinajstić information content (AvgIpc) is 2.61. The van der Waals surface area contributed by atoms with E-state index in [1.54, 1.807) is 13.8 Å². The van der Waals surface area contributed by atoms with Gasteiger partial charge in [0, 0.05) is 6.54 Å². The minimum atomic E-state index is -1.11. The van der Waals surface area contributed by atoms with Gasteiger partial charge in [-0.3, -0.25) is 0 Å². The summed E-state index contributed by atoms with van der Waals surface area (Å²) in [5.74, 6) is 1.39. The Balaban J connectivity index is 2.77. The van der Waals surface area contributed by atoms with Crippen LogP contribution in [0.2, 0.25) is 0 Å². The molecule has 0 spiro atoms. The van der Waals surface area contributed by atoms with Gasteiger partial charge in [0.15, 0.2) is 0 Å². The first-order valence-electron chi connectivity index (χ1n) is 5.19. The zero-order valence-electron chi connectivity index (χ0n) is 9.49. The number of nitrogens with zero attached hydrogens (tertiary/aromatic N) is 1. The molecule has 1 heterocycles. The van der Waals surface area contributed by atoms with Gasteiger partial charge in [-0.1, -0.05) is 5.92 Å². The fourth-order valence-electron chi connectivity index (χ4n) is 1.82. The van der Waals surface area contributed by atoms with Crippen molar-refractivity contribution >= 4 is 12.0 Å². The number of carbonyl (C=O) groups excluding carboxylic acids is 1. The Kier molecular flexibility index (Phi) is 3.43. The number of carbonyl (C=O) groups is 2. The van der Waals surface area contributed by atoms with Crippen LogP contribution in [0.25, 0.3) is 0 Å². The van der Waals surface area contributed by atoms with Crippen molar-refractivity contribution in [3.63, 3.8) is 0 Å². The van der Waals surface area contributed by atoms with E-state index in [1.807, 2.05) is 0 Å². The van der Waals surface area contributed by atoms with Crippen LogP contribution in [-0.4, -0.2) is 40.1 Å². The van der Waals surface area contributed by atoms with Crippen LogP contribution in [-0.2, 0) is 4.79 Å². The van der Waals surface area contributed by atoms with E-state index in [0.717, 1.165) is 0 Å². The van der Waals surface area contributed by atoms with E-state index in [0.29, 0.717) is 19.4 Å². The molecule has 0 bridgehead atoms. The van der Waals surface area contributed by atoms with Crippen molar-refractivity contribution in [3.8, 4) is 12.3 Å². The molecule has 1 aliphatic heterocycles. The zero-order valence-corrected chi connectivity index (χ0v) is 9.49. The van der Waals surface area contributed by atoms with Crippen LogP contribution in [0.5, 0.6) is 0 Å². The Morgan fingerprint density at radius 3 is 2.75 bits per heavy atom. The van der Waals surface area contributed by atoms with Gasteiger partial charge in [-0.2, -0.15) is 0 Å². The second kappa shape index (κ2) is 4.44. The maximum Gasteiger partial charge on any atom is 0.329 e. The lowest BCUT2D eigenvalue weighted by molar-refractivity contribution is -0.147. The highest BCUT2D eigenvalue weighted by atomic mass is 16.4. The molecule has 1 fully saturated rings. The summed E-state index contributed by atoms with van der Waals surface area (Å²) < 4.78 is 0. The summed E-state index contributed by atoms with van der Waals surface area (Å²) in [7, 11) is 0. The summed E-state index contributed by atoms with van der Waals surface area (Å²) in [5.41, 5.74) is -1.11. The zero-order chi connectivity index (χ0) is 12.3. The van der Waals surface area contributed by atoms with Crippen LogP contribution in [0.1, 0.15) is 26.7 Å². The molecule has 0 saturated carbocycles. The molecule has 1 saturated heterocycles. The SMILES string of the molecule is C#CC(C)NC(=O)N1CCCC1(C)C(=O)O. The smallest absolute Gasteiger partial charge is 0.329 e. The maximum absolute atomic E-state index is 11.8. The van der Waals surface area contributed by atoms with Crippen LogP contribution in [0.4, 0.5) is 4.79 Å². The monoisotopic (exact) mass is 224 g/mol. The van der Waals surface area contributed by atoms with Crippen molar-refractivity contribution in [1.29, 1.82) is 0 Å². The standard InChI is InChI=1S/C11H16N2O3/c1-4-8(2)12-10(16)13-7-5-6-11(13,3)9(14)15/h1,8H,5-7H2,2-3H3,(H,12,16)(H,14,15). The molecule has 0 aliphatic carbocycles. The molecule has 5 nitrogen and oxygen atoms in total. The second-order valence-electron chi connectivity index (χ2n) is 4.17. The number of nitrogens with one attached hydrogen (secondary N) is 1. The van der Waals surface area contributed by atoms with E-state index in [4.69, 9.17) is 11.5 Å². The summed E-state index contributed by atoms with van der Waals surface area (Å²) in [6.45, 7) is 3.68. The Morgan fingerprint density at radius 2 is 2.25 bits per heavy atom. The summed E-state index contributed by atoms with van der Waals surface area (Å²) in [6, 6.07) is -0.806. The second-order valence-corrected chi connectivity index (χ2v) is 4.17. The molecule has 16 heavy (non-hydrogen) atoms. The van der Waals surface area contributed by atoms with Crippen LogP contribution < -0.4 is 5.32 Å². The molecule has 0 aromatic heterocycles. The quantitative estimate of drug-likeness (QED) is 0.677. The lowest BCUT2D eigenvalue weighted by Crippen LogP contribution is -2.55. The third-order valence-corrected chi connectivity index (χ3v) is 2.94. The molecule has 0 radical (unpaired) electrons. The van der Waals surface area contributed by atoms with Gasteiger partial charge in [-0.25, -0.2) is 9.59 Å². The predicted octanol–water partition coefficient (Wildman–Crippen LogP) is 0.657. The number of likely N-dealkylation sites (tertiary alicyclic amines) is 1. The molecule has 1 aliphatic rings. The van der Waals surface area contributed by atoms with E-state index in [9.17, 15) is 9.59 Å². The summed E-state index contributed by atoms with van der Waals surface area (Å²) in [4.78, 5) is 24.3. The van der Waals surface area contributed by atoms with Crippen molar-refractivity contribution in [2.24, 2.45) is 0 Å². The van der Waals surface area contributed by atoms with Crippen LogP contribution in [0.3, 0.4) is 0 Å². The third kappa shape index (κ3) is 2.11. The Labute approximate surface area is 94.8 Å². The minimum Gasteiger partial charge on any atom is -0.480 e. The first kappa shape index (κ1) is 12.4. The number of rotatable bonds is 2. The number of carboxylic acid groups (broad SMARTS) is 1. The fraction of sp³-hybridized carbons (Fsp3) is 0.636. The number of urea groups is 1. The summed E-state index contributed by atoms with van der Waals surface area (Å²) in [6.07, 6.45) is 6.31. The third-order valence-electron chi connectivity index (χ3n) is 2.94. The average molecular weight is 224 g/mol. The number of amides is 2. The molecule has 5 heteroatoms. The van der Waals surface area contributed by atoms with Crippen molar-refractivity contribution in [2.45, 2.75) is 38.3 Å². The lowest BCUT2D eigenvalue weighted by atomic mass is 10.00. The van der Waals surface area contributed by atoms with Crippen molar-refractivity contribution < 1.29 is 14.7 Å². The molecule has 0 aromatic carbocycles. The van der Waals surface area contributed by atoms with Crippen molar-refractivity contribution in [2.75, 3.05) is 6.54 Å². The van der Waals surface area contributed by atoms with Gasteiger partial charge < -0.3 is 15.3 Å². The highest BCUT2D eigenvalue weighted by Gasteiger charge is 2.46. The van der Waals surface area contributed by atoms with Crippen LogP contribution in [0, 0.1) is 12.3 Å².